The number of ether oxygens (including phenoxy) is 3. The highest BCUT2D eigenvalue weighted by molar-refractivity contribution is 5.78. The number of fused-ring (bicyclic) bond motifs is 1. The van der Waals surface area contributed by atoms with Crippen molar-refractivity contribution in [2.75, 3.05) is 41.0 Å². The lowest BCUT2D eigenvalue weighted by atomic mass is 9.76. The number of amides is 1. The topological polar surface area (TPSA) is 51.2 Å². The molecule has 0 aliphatic carbocycles. The molecular weight excluding hydrogens is 332 g/mol. The number of hydrogen-bond donors (Lipinski definition) is 0. The van der Waals surface area contributed by atoms with Crippen molar-refractivity contribution < 1.29 is 19.0 Å². The normalized spacial score (nSPS) is 26.2. The number of rotatable bonds is 5. The summed E-state index contributed by atoms with van der Waals surface area (Å²) in [4.78, 5) is 17.4. The highest BCUT2D eigenvalue weighted by atomic mass is 16.5. The van der Waals surface area contributed by atoms with E-state index in [1.807, 2.05) is 11.0 Å². The third-order valence-corrected chi connectivity index (χ3v) is 6.06. The Hall–Kier alpha value is -1.95. The highest BCUT2D eigenvalue weighted by Crippen LogP contribution is 2.39. The highest BCUT2D eigenvalue weighted by Gasteiger charge is 2.47. The Morgan fingerprint density at radius 3 is 2.54 bits per heavy atom. The molecule has 0 saturated carbocycles. The van der Waals surface area contributed by atoms with Gasteiger partial charge in [-0.25, -0.2) is 0 Å². The van der Waals surface area contributed by atoms with Crippen LogP contribution in [0.1, 0.15) is 32.6 Å². The summed E-state index contributed by atoms with van der Waals surface area (Å²) in [5.41, 5.74) is 0.0638. The minimum Gasteiger partial charge on any atom is -0.493 e. The molecule has 0 bridgehead atoms. The van der Waals surface area contributed by atoms with Crippen LogP contribution in [0, 0.1) is 0 Å². The van der Waals surface area contributed by atoms with Gasteiger partial charge < -0.3 is 19.1 Å². The number of likely N-dealkylation sites (tertiary alicyclic amines) is 2. The van der Waals surface area contributed by atoms with Gasteiger partial charge in [0.25, 0.3) is 5.91 Å². The summed E-state index contributed by atoms with van der Waals surface area (Å²) in [7, 11) is 5.34. The standard InChI is InChI=1S/C20H30N2O4/c1-20-11-7-13-22(17(20)10-6-12-21(20)2)18(23)14-26-19-15(24-3)8-5-9-16(19)25-4/h5,8-9,17H,6-7,10-14H2,1-4H3/t17-,20-/m0/s1. The Labute approximate surface area is 156 Å². The van der Waals surface area contributed by atoms with Gasteiger partial charge in [0.1, 0.15) is 0 Å². The number of piperidine rings is 2. The van der Waals surface area contributed by atoms with Crippen LogP contribution in [0.3, 0.4) is 0 Å². The number of benzene rings is 1. The first-order chi connectivity index (χ1) is 12.5. The molecule has 26 heavy (non-hydrogen) atoms. The minimum atomic E-state index is -0.00692. The summed E-state index contributed by atoms with van der Waals surface area (Å²) in [5.74, 6) is 1.65. The van der Waals surface area contributed by atoms with Crippen molar-refractivity contribution in [3.8, 4) is 17.2 Å². The van der Waals surface area contributed by atoms with Crippen molar-refractivity contribution in [1.29, 1.82) is 0 Å². The summed E-state index contributed by atoms with van der Waals surface area (Å²) in [6, 6.07) is 5.69. The maximum atomic E-state index is 13.0. The first-order valence-corrected chi connectivity index (χ1v) is 9.35. The number of hydrogen-bond acceptors (Lipinski definition) is 5. The lowest BCUT2D eigenvalue weighted by molar-refractivity contribution is -0.145. The molecule has 0 N–H and O–H groups in total. The zero-order chi connectivity index (χ0) is 18.7. The molecule has 2 aliphatic rings. The number of carbonyl (C=O) groups excluding carboxylic acids is 1. The molecule has 2 saturated heterocycles. The van der Waals surface area contributed by atoms with Crippen LogP contribution in [-0.2, 0) is 4.79 Å². The van der Waals surface area contributed by atoms with Crippen molar-refractivity contribution in [3.05, 3.63) is 18.2 Å². The van der Waals surface area contributed by atoms with Gasteiger partial charge in [0.05, 0.1) is 14.2 Å². The maximum absolute atomic E-state index is 13.0. The van der Waals surface area contributed by atoms with Crippen LogP contribution in [0.4, 0.5) is 0 Å². The van der Waals surface area contributed by atoms with E-state index in [0.29, 0.717) is 17.2 Å². The molecule has 1 aromatic rings. The fraction of sp³-hybridized carbons (Fsp3) is 0.650. The number of nitrogens with zero attached hydrogens (tertiary/aromatic N) is 2. The molecule has 6 nitrogen and oxygen atoms in total. The Morgan fingerprint density at radius 2 is 1.88 bits per heavy atom. The summed E-state index contributed by atoms with van der Waals surface area (Å²) in [5, 5.41) is 0. The lowest BCUT2D eigenvalue weighted by Gasteiger charge is -2.55. The third-order valence-electron chi connectivity index (χ3n) is 6.06. The minimum absolute atomic E-state index is 0.00692. The molecule has 2 fully saturated rings. The summed E-state index contributed by atoms with van der Waals surface area (Å²) in [6.45, 7) is 4.19. The fourth-order valence-electron chi connectivity index (χ4n) is 4.43. The van der Waals surface area contributed by atoms with E-state index in [-0.39, 0.29) is 24.1 Å². The molecule has 6 heteroatoms. The lowest BCUT2D eigenvalue weighted by Crippen LogP contribution is -2.66. The van der Waals surface area contributed by atoms with Gasteiger partial charge in [0.2, 0.25) is 5.75 Å². The van der Waals surface area contributed by atoms with E-state index in [2.05, 4.69) is 18.9 Å². The Balaban J connectivity index is 1.73. The van der Waals surface area contributed by atoms with Gasteiger partial charge in [-0.15, -0.1) is 0 Å². The van der Waals surface area contributed by atoms with Crippen molar-refractivity contribution in [2.45, 2.75) is 44.2 Å². The van der Waals surface area contributed by atoms with E-state index in [9.17, 15) is 4.79 Å². The Morgan fingerprint density at radius 1 is 1.19 bits per heavy atom. The molecule has 0 unspecified atom stereocenters. The molecular formula is C20H30N2O4. The fourth-order valence-corrected chi connectivity index (χ4v) is 4.43. The average molecular weight is 362 g/mol. The monoisotopic (exact) mass is 362 g/mol. The summed E-state index contributed by atoms with van der Waals surface area (Å²) >= 11 is 0. The van der Waals surface area contributed by atoms with E-state index in [0.717, 1.165) is 38.8 Å². The van der Waals surface area contributed by atoms with Crippen molar-refractivity contribution in [1.82, 2.24) is 9.80 Å². The summed E-state index contributed by atoms with van der Waals surface area (Å²) < 4.78 is 16.5. The zero-order valence-corrected chi connectivity index (χ0v) is 16.3. The van der Waals surface area contributed by atoms with Crippen LogP contribution >= 0.6 is 0 Å². The average Bonchev–Trinajstić information content (AvgIpc) is 2.66. The number of para-hydroxylation sites is 1. The predicted molar refractivity (Wildman–Crippen MR) is 100 cm³/mol. The van der Waals surface area contributed by atoms with Gasteiger partial charge in [-0.05, 0) is 58.3 Å². The molecule has 3 rings (SSSR count). The molecule has 144 valence electrons. The van der Waals surface area contributed by atoms with E-state index >= 15 is 0 Å². The van der Waals surface area contributed by atoms with Crippen LogP contribution in [0.15, 0.2) is 18.2 Å². The zero-order valence-electron chi connectivity index (χ0n) is 16.3. The van der Waals surface area contributed by atoms with Crippen LogP contribution in [-0.4, -0.2) is 68.3 Å². The van der Waals surface area contributed by atoms with Gasteiger partial charge in [-0.2, -0.15) is 0 Å². The second-order valence-corrected chi connectivity index (χ2v) is 7.41. The number of methoxy groups -OCH3 is 2. The Kier molecular flexibility index (Phi) is 5.61. The van der Waals surface area contributed by atoms with Gasteiger partial charge in [-0.3, -0.25) is 9.69 Å². The molecule has 2 aliphatic heterocycles. The number of likely N-dealkylation sites (N-methyl/N-ethyl adjacent to an activating group) is 1. The smallest absolute Gasteiger partial charge is 0.260 e. The van der Waals surface area contributed by atoms with Crippen LogP contribution in [0.25, 0.3) is 0 Å². The third kappa shape index (κ3) is 3.34. The van der Waals surface area contributed by atoms with Crippen LogP contribution in [0.2, 0.25) is 0 Å². The molecule has 2 atom stereocenters. The van der Waals surface area contributed by atoms with Crippen molar-refractivity contribution in [2.24, 2.45) is 0 Å². The van der Waals surface area contributed by atoms with E-state index < -0.39 is 0 Å². The number of carbonyl (C=O) groups is 1. The van der Waals surface area contributed by atoms with Crippen molar-refractivity contribution in [3.63, 3.8) is 0 Å². The molecule has 0 spiro atoms. The van der Waals surface area contributed by atoms with Gasteiger partial charge in [-0.1, -0.05) is 6.07 Å². The molecule has 0 radical (unpaired) electrons. The summed E-state index contributed by atoms with van der Waals surface area (Å²) in [6.07, 6.45) is 4.35. The Bertz CT molecular complexity index is 628. The van der Waals surface area contributed by atoms with E-state index in [1.165, 1.54) is 0 Å². The van der Waals surface area contributed by atoms with E-state index in [4.69, 9.17) is 14.2 Å². The largest absolute Gasteiger partial charge is 0.493 e. The molecule has 1 aromatic carbocycles. The molecule has 2 heterocycles. The van der Waals surface area contributed by atoms with Gasteiger partial charge in [0.15, 0.2) is 18.1 Å². The molecule has 1 amide bonds. The SMILES string of the molecule is COc1cccc(OC)c1OCC(=O)N1CCC[C@@]2(C)[C@@H]1CCCN2C. The van der Waals surface area contributed by atoms with Crippen LogP contribution < -0.4 is 14.2 Å². The van der Waals surface area contributed by atoms with Crippen molar-refractivity contribution >= 4 is 5.91 Å². The van der Waals surface area contributed by atoms with E-state index in [1.54, 1.807) is 26.4 Å². The maximum Gasteiger partial charge on any atom is 0.260 e. The second-order valence-electron chi connectivity index (χ2n) is 7.41. The first-order valence-electron chi connectivity index (χ1n) is 9.35. The quantitative estimate of drug-likeness (QED) is 0.806. The molecule has 0 aromatic heterocycles. The first kappa shape index (κ1) is 18.8. The van der Waals surface area contributed by atoms with Gasteiger partial charge >= 0.3 is 0 Å². The predicted octanol–water partition coefficient (Wildman–Crippen LogP) is 2.56. The van der Waals surface area contributed by atoms with Crippen LogP contribution in [0.5, 0.6) is 17.2 Å². The second kappa shape index (κ2) is 7.74. The van der Waals surface area contributed by atoms with Gasteiger partial charge in [0, 0.05) is 18.1 Å².